The van der Waals surface area contributed by atoms with Crippen LogP contribution >= 0.6 is 0 Å². The molecule has 0 bridgehead atoms. The fourth-order valence-corrected chi connectivity index (χ4v) is 8.55. The van der Waals surface area contributed by atoms with Gasteiger partial charge >= 0.3 is 0 Å². The third-order valence-electron chi connectivity index (χ3n) is 10.5. The number of fused-ring (bicyclic) bond motifs is 1. The van der Waals surface area contributed by atoms with Gasteiger partial charge in [0.2, 0.25) is 0 Å². The van der Waals surface area contributed by atoms with Gasteiger partial charge in [0.25, 0.3) is 0 Å². The van der Waals surface area contributed by atoms with Crippen molar-refractivity contribution in [2.24, 2.45) is 34.0 Å². The van der Waals surface area contributed by atoms with Crippen LogP contribution in [0.15, 0.2) is 0 Å². The summed E-state index contributed by atoms with van der Waals surface area (Å²) in [6.45, 7) is 26.7. The maximum Gasteiger partial charge on any atom is 0.0770 e. The third kappa shape index (κ3) is 3.06. The predicted octanol–water partition coefficient (Wildman–Crippen LogP) is 7.79. The molecule has 0 amide bonds. The van der Waals surface area contributed by atoms with Gasteiger partial charge in [0.1, 0.15) is 0 Å². The summed E-state index contributed by atoms with van der Waals surface area (Å²) in [6, 6.07) is 0. The lowest BCUT2D eigenvalue weighted by molar-refractivity contribution is -0.229. The van der Waals surface area contributed by atoms with Crippen LogP contribution in [0.1, 0.15) is 115 Å². The Hall–Kier alpha value is -0.480. The zero-order chi connectivity index (χ0) is 22.5. The van der Waals surface area contributed by atoms with E-state index in [4.69, 9.17) is 0 Å². The molecule has 1 heteroatoms. The van der Waals surface area contributed by atoms with Crippen LogP contribution in [0.5, 0.6) is 0 Å². The first kappa shape index (κ1) is 24.8. The molecule has 2 unspecified atom stereocenters. The Kier molecular flexibility index (Phi) is 6.75. The maximum atomic E-state index is 3.56. The Balaban J connectivity index is 2.63. The second-order valence-corrected chi connectivity index (χ2v) is 12.0. The van der Waals surface area contributed by atoms with E-state index >= 15 is 0 Å². The van der Waals surface area contributed by atoms with Gasteiger partial charge in [-0.2, -0.15) is 0 Å². The molecule has 0 aromatic heterocycles. The van der Waals surface area contributed by atoms with Crippen molar-refractivity contribution in [1.29, 1.82) is 0 Å². The van der Waals surface area contributed by atoms with Crippen LogP contribution in [0.25, 0.3) is 0 Å². The van der Waals surface area contributed by atoms with Crippen molar-refractivity contribution in [3.63, 3.8) is 0 Å². The first-order chi connectivity index (χ1) is 13.3. The fourth-order valence-electron chi connectivity index (χ4n) is 8.55. The van der Waals surface area contributed by atoms with Crippen molar-refractivity contribution in [1.82, 2.24) is 4.90 Å². The summed E-state index contributed by atoms with van der Waals surface area (Å²) in [5, 5.41) is 0. The molecule has 2 aliphatic carbocycles. The minimum Gasteiger partial charge on any atom is -0.284 e. The Morgan fingerprint density at radius 3 is 2.07 bits per heavy atom. The summed E-state index contributed by atoms with van der Waals surface area (Å²) < 4.78 is 0. The molecule has 0 heterocycles. The smallest absolute Gasteiger partial charge is 0.0770 e. The second kappa shape index (κ2) is 7.89. The molecule has 2 aliphatic rings. The molecular weight excluding hydrogens is 350 g/mol. The van der Waals surface area contributed by atoms with E-state index in [0.29, 0.717) is 22.2 Å². The monoisotopic (exact) mass is 401 g/mol. The van der Waals surface area contributed by atoms with Gasteiger partial charge in [0.15, 0.2) is 0 Å². The molecule has 0 aliphatic heterocycles. The lowest BCUT2D eigenvalue weighted by atomic mass is 9.37. The predicted molar refractivity (Wildman–Crippen MR) is 129 cm³/mol. The summed E-state index contributed by atoms with van der Waals surface area (Å²) in [6.07, 6.45) is 8.01. The van der Waals surface area contributed by atoms with Crippen LogP contribution in [0, 0.1) is 45.8 Å². The van der Waals surface area contributed by atoms with Crippen LogP contribution in [-0.2, 0) is 0 Å². The summed E-state index contributed by atoms with van der Waals surface area (Å²) >= 11 is 0. The maximum absolute atomic E-state index is 3.56. The lowest BCUT2D eigenvalue weighted by Gasteiger charge is -2.72. The van der Waals surface area contributed by atoms with Crippen molar-refractivity contribution < 1.29 is 0 Å². The van der Waals surface area contributed by atoms with Crippen LogP contribution < -0.4 is 0 Å². The van der Waals surface area contributed by atoms with E-state index < -0.39 is 0 Å². The Labute approximate surface area is 183 Å². The number of nitrogens with zero attached hydrogens (tertiary/aromatic N) is 1. The average Bonchev–Trinajstić information content (AvgIpc) is 3.24. The molecule has 6 atom stereocenters. The van der Waals surface area contributed by atoms with Gasteiger partial charge in [-0.15, -0.1) is 5.92 Å². The highest BCUT2D eigenvalue weighted by Gasteiger charge is 2.89. The summed E-state index contributed by atoms with van der Waals surface area (Å²) in [7, 11) is 2.39. The van der Waals surface area contributed by atoms with Crippen molar-refractivity contribution >= 4 is 0 Å². The molecule has 2 rings (SSSR count). The minimum absolute atomic E-state index is 0.119. The molecule has 0 N–H and O–H groups in total. The highest BCUT2D eigenvalue weighted by molar-refractivity contribution is 5.38. The lowest BCUT2D eigenvalue weighted by Crippen LogP contribution is -2.74. The highest BCUT2D eigenvalue weighted by atomic mass is 15.3. The number of hydrogen-bond acceptors (Lipinski definition) is 1. The highest BCUT2D eigenvalue weighted by Crippen LogP contribution is 2.93. The van der Waals surface area contributed by atoms with Gasteiger partial charge < -0.3 is 0 Å². The largest absolute Gasteiger partial charge is 0.284 e. The van der Waals surface area contributed by atoms with E-state index in [9.17, 15) is 0 Å². The quantitative estimate of drug-likeness (QED) is 0.338. The first-order valence-corrected chi connectivity index (χ1v) is 12.5. The molecule has 2 saturated carbocycles. The molecule has 29 heavy (non-hydrogen) atoms. The average molecular weight is 402 g/mol. The van der Waals surface area contributed by atoms with E-state index in [0.717, 1.165) is 11.8 Å². The van der Waals surface area contributed by atoms with Crippen LogP contribution in [0.2, 0.25) is 0 Å². The van der Waals surface area contributed by atoms with Gasteiger partial charge in [0.05, 0.1) is 5.54 Å². The zero-order valence-electron chi connectivity index (χ0n) is 21.9. The first-order valence-electron chi connectivity index (χ1n) is 12.5. The SMILES string of the molecule is CC#CC(C)(C)N(C)C(C)([C@H](C)CCC(C)C)[C@]1(CCC)C(C)[C@]2(CC)C[C@@]21C. The minimum atomic E-state index is -0.119. The molecule has 168 valence electrons. The fraction of sp³-hybridized carbons (Fsp3) is 0.929. The topological polar surface area (TPSA) is 3.24 Å². The molecule has 1 nitrogen and oxygen atoms in total. The molecule has 0 aromatic rings. The van der Waals surface area contributed by atoms with Gasteiger partial charge in [-0.1, -0.05) is 67.2 Å². The van der Waals surface area contributed by atoms with Crippen molar-refractivity contribution in [2.75, 3.05) is 7.05 Å². The Morgan fingerprint density at radius 2 is 1.69 bits per heavy atom. The van der Waals surface area contributed by atoms with Crippen molar-refractivity contribution in [3.8, 4) is 11.8 Å². The standard InChI is InChI=1S/C28H51N/c1-13-18-24(8,9)29(12)26(11,22(6)17-16-21(4)5)28(19-14-2)23(7)27(15-3)20-25(27,28)10/h21-23H,14-17,19-20H2,1-12H3/t22-,23?,25+,26?,27+,28-/m1/s1. The van der Waals surface area contributed by atoms with Crippen molar-refractivity contribution in [3.05, 3.63) is 0 Å². The Morgan fingerprint density at radius 1 is 1.10 bits per heavy atom. The normalized spacial score (nSPS) is 36.7. The second-order valence-electron chi connectivity index (χ2n) is 12.0. The van der Waals surface area contributed by atoms with E-state index in [2.05, 4.69) is 93.0 Å². The van der Waals surface area contributed by atoms with E-state index in [-0.39, 0.29) is 11.1 Å². The van der Waals surface area contributed by atoms with Gasteiger partial charge in [-0.3, -0.25) is 4.90 Å². The van der Waals surface area contributed by atoms with Gasteiger partial charge in [0, 0.05) is 5.54 Å². The molecule has 0 aromatic carbocycles. The van der Waals surface area contributed by atoms with E-state index in [1.165, 1.54) is 38.5 Å². The van der Waals surface area contributed by atoms with Crippen molar-refractivity contribution in [2.45, 2.75) is 126 Å². The van der Waals surface area contributed by atoms with Crippen LogP contribution in [-0.4, -0.2) is 23.0 Å². The Bertz CT molecular complexity index is 651. The molecule has 0 radical (unpaired) electrons. The van der Waals surface area contributed by atoms with Crippen LogP contribution in [0.4, 0.5) is 0 Å². The third-order valence-corrected chi connectivity index (χ3v) is 10.5. The molecular formula is C28H51N. The van der Waals surface area contributed by atoms with E-state index in [1.54, 1.807) is 0 Å². The molecule has 0 spiro atoms. The van der Waals surface area contributed by atoms with Gasteiger partial charge in [-0.25, -0.2) is 0 Å². The summed E-state index contributed by atoms with van der Waals surface area (Å²) in [4.78, 5) is 2.72. The number of rotatable bonds is 10. The number of hydrogen-bond donors (Lipinski definition) is 0. The van der Waals surface area contributed by atoms with Gasteiger partial charge in [-0.05, 0) is 94.4 Å². The summed E-state index contributed by atoms with van der Waals surface area (Å²) in [5.74, 6) is 9.00. The summed E-state index contributed by atoms with van der Waals surface area (Å²) in [5.41, 5.74) is 1.45. The molecule has 2 fully saturated rings. The molecule has 0 saturated heterocycles. The van der Waals surface area contributed by atoms with E-state index in [1.807, 2.05) is 6.92 Å². The van der Waals surface area contributed by atoms with Crippen LogP contribution in [0.3, 0.4) is 0 Å². The zero-order valence-corrected chi connectivity index (χ0v) is 21.9.